The zero-order valence-corrected chi connectivity index (χ0v) is 9.73. The van der Waals surface area contributed by atoms with E-state index in [0.29, 0.717) is 23.5 Å². The Morgan fingerprint density at radius 2 is 2.29 bits per heavy atom. The molecule has 5 nitrogen and oxygen atoms in total. The first-order valence-electron chi connectivity index (χ1n) is 5.36. The molecule has 1 heterocycles. The number of carbonyl (C=O) groups is 1. The summed E-state index contributed by atoms with van der Waals surface area (Å²) in [5, 5.41) is 9.86. The minimum Gasteiger partial charge on any atom is -0.467 e. The number of ether oxygens (including phenoxy) is 3. The van der Waals surface area contributed by atoms with Crippen molar-refractivity contribution in [2.75, 3.05) is 13.9 Å². The molecule has 0 amide bonds. The fraction of sp³-hybridized carbons (Fsp3) is 0.417. The first-order chi connectivity index (χ1) is 8.19. The van der Waals surface area contributed by atoms with Gasteiger partial charge >= 0.3 is 5.97 Å². The number of carbonyl (C=O) groups excluding carboxylic acids is 1. The predicted molar refractivity (Wildman–Crippen MR) is 58.9 cm³/mol. The molecule has 1 aliphatic heterocycles. The van der Waals surface area contributed by atoms with E-state index in [1.54, 1.807) is 12.1 Å². The summed E-state index contributed by atoms with van der Waals surface area (Å²) >= 11 is 0. The molecule has 0 spiro atoms. The number of methoxy groups -OCH3 is 1. The fourth-order valence-electron chi connectivity index (χ4n) is 1.90. The van der Waals surface area contributed by atoms with Gasteiger partial charge in [0.2, 0.25) is 6.79 Å². The molecule has 1 aliphatic rings. The van der Waals surface area contributed by atoms with Crippen LogP contribution < -0.4 is 9.47 Å². The van der Waals surface area contributed by atoms with Crippen LogP contribution >= 0.6 is 0 Å². The second-order valence-corrected chi connectivity index (χ2v) is 3.65. The molecule has 0 bridgehead atoms. The number of esters is 1. The maximum atomic E-state index is 11.3. The third-order valence-electron chi connectivity index (χ3n) is 2.75. The molecule has 1 atom stereocenters. The van der Waals surface area contributed by atoms with Crippen molar-refractivity contribution in [3.8, 4) is 11.5 Å². The van der Waals surface area contributed by atoms with Crippen molar-refractivity contribution in [2.24, 2.45) is 0 Å². The van der Waals surface area contributed by atoms with E-state index in [-0.39, 0.29) is 6.79 Å². The van der Waals surface area contributed by atoms with Crippen LogP contribution in [0.15, 0.2) is 12.1 Å². The maximum Gasteiger partial charge on any atom is 0.339 e. The zero-order chi connectivity index (χ0) is 12.4. The van der Waals surface area contributed by atoms with Gasteiger partial charge < -0.3 is 19.3 Å². The van der Waals surface area contributed by atoms with Crippen LogP contribution in [0.2, 0.25) is 0 Å². The number of aliphatic hydroxyl groups is 1. The van der Waals surface area contributed by atoms with Crippen LogP contribution in [0.25, 0.3) is 0 Å². The number of hydrogen-bond donors (Lipinski definition) is 1. The van der Waals surface area contributed by atoms with Gasteiger partial charge in [-0.1, -0.05) is 13.0 Å². The predicted octanol–water partition coefficient (Wildman–Crippen LogP) is 1.18. The summed E-state index contributed by atoms with van der Waals surface area (Å²) in [6, 6.07) is 3.34. The Labute approximate surface area is 98.9 Å². The topological polar surface area (TPSA) is 65.0 Å². The summed E-state index contributed by atoms with van der Waals surface area (Å²) in [4.78, 5) is 11.3. The minimum absolute atomic E-state index is 0.167. The molecule has 1 unspecified atom stereocenters. The van der Waals surface area contributed by atoms with Gasteiger partial charge in [0.15, 0.2) is 17.6 Å². The van der Waals surface area contributed by atoms with E-state index in [9.17, 15) is 9.90 Å². The number of aliphatic hydroxyl groups excluding tert-OH is 1. The van der Waals surface area contributed by atoms with E-state index < -0.39 is 12.1 Å². The largest absolute Gasteiger partial charge is 0.467 e. The Morgan fingerprint density at radius 3 is 2.94 bits per heavy atom. The lowest BCUT2D eigenvalue weighted by molar-refractivity contribution is -0.150. The summed E-state index contributed by atoms with van der Waals surface area (Å²) in [7, 11) is 1.24. The highest BCUT2D eigenvalue weighted by molar-refractivity contribution is 5.77. The van der Waals surface area contributed by atoms with E-state index in [2.05, 4.69) is 4.74 Å². The van der Waals surface area contributed by atoms with Crippen molar-refractivity contribution >= 4 is 5.97 Å². The Kier molecular flexibility index (Phi) is 3.19. The first-order valence-corrected chi connectivity index (χ1v) is 5.36. The van der Waals surface area contributed by atoms with Gasteiger partial charge in [0.25, 0.3) is 0 Å². The van der Waals surface area contributed by atoms with Crippen molar-refractivity contribution in [3.05, 3.63) is 23.3 Å². The van der Waals surface area contributed by atoms with Crippen molar-refractivity contribution < 1.29 is 24.1 Å². The number of benzene rings is 1. The number of rotatable bonds is 3. The van der Waals surface area contributed by atoms with Crippen molar-refractivity contribution in [1.29, 1.82) is 0 Å². The lowest BCUT2D eigenvalue weighted by atomic mass is 9.99. The molecule has 0 saturated carbocycles. The lowest BCUT2D eigenvalue weighted by Gasteiger charge is -2.14. The molecular weight excluding hydrogens is 224 g/mol. The lowest BCUT2D eigenvalue weighted by Crippen LogP contribution is -2.15. The smallest absolute Gasteiger partial charge is 0.339 e. The van der Waals surface area contributed by atoms with E-state index in [4.69, 9.17) is 9.47 Å². The molecule has 0 fully saturated rings. The van der Waals surface area contributed by atoms with E-state index >= 15 is 0 Å². The van der Waals surface area contributed by atoms with Crippen LogP contribution in [0.5, 0.6) is 11.5 Å². The molecule has 0 aromatic heterocycles. The van der Waals surface area contributed by atoms with Gasteiger partial charge in [0.05, 0.1) is 7.11 Å². The summed E-state index contributed by atoms with van der Waals surface area (Å²) in [6.07, 6.45) is -0.653. The summed E-state index contributed by atoms with van der Waals surface area (Å²) in [6.45, 7) is 2.09. The molecule has 0 saturated heterocycles. The third kappa shape index (κ3) is 1.93. The second-order valence-electron chi connectivity index (χ2n) is 3.65. The summed E-state index contributed by atoms with van der Waals surface area (Å²) < 4.78 is 15.1. The highest BCUT2D eigenvalue weighted by Gasteiger charge is 2.26. The van der Waals surface area contributed by atoms with Crippen LogP contribution in [0, 0.1) is 0 Å². The molecule has 92 valence electrons. The molecule has 2 rings (SSSR count). The van der Waals surface area contributed by atoms with Crippen LogP contribution in [0.1, 0.15) is 24.2 Å². The van der Waals surface area contributed by atoms with Gasteiger partial charge in [-0.15, -0.1) is 0 Å². The van der Waals surface area contributed by atoms with Gasteiger partial charge in [-0.2, -0.15) is 0 Å². The highest BCUT2D eigenvalue weighted by atomic mass is 16.7. The first kappa shape index (κ1) is 11.7. The van der Waals surface area contributed by atoms with E-state index in [0.717, 1.165) is 5.56 Å². The van der Waals surface area contributed by atoms with Crippen LogP contribution in [0.3, 0.4) is 0 Å². The van der Waals surface area contributed by atoms with Crippen molar-refractivity contribution in [3.63, 3.8) is 0 Å². The van der Waals surface area contributed by atoms with E-state index in [1.165, 1.54) is 7.11 Å². The Morgan fingerprint density at radius 1 is 1.53 bits per heavy atom. The molecule has 0 aliphatic carbocycles. The van der Waals surface area contributed by atoms with Crippen LogP contribution in [-0.4, -0.2) is 25.0 Å². The van der Waals surface area contributed by atoms with E-state index in [1.807, 2.05) is 6.92 Å². The molecule has 17 heavy (non-hydrogen) atoms. The Bertz CT molecular complexity index is 441. The Balaban J connectivity index is 2.44. The quantitative estimate of drug-likeness (QED) is 0.801. The van der Waals surface area contributed by atoms with Gasteiger partial charge in [-0.3, -0.25) is 0 Å². The average Bonchev–Trinajstić information content (AvgIpc) is 2.83. The SMILES string of the molecule is CCc1c(C(O)C(=O)OC)ccc2c1OCO2. The molecule has 1 aromatic rings. The number of hydrogen-bond acceptors (Lipinski definition) is 5. The summed E-state index contributed by atoms with van der Waals surface area (Å²) in [5.74, 6) is 0.564. The molecule has 1 N–H and O–H groups in total. The zero-order valence-electron chi connectivity index (χ0n) is 9.73. The second kappa shape index (κ2) is 4.63. The average molecular weight is 238 g/mol. The van der Waals surface area contributed by atoms with Crippen LogP contribution in [0.4, 0.5) is 0 Å². The fourth-order valence-corrected chi connectivity index (χ4v) is 1.90. The molecular formula is C12H14O5. The normalized spacial score (nSPS) is 14.5. The standard InChI is InChI=1S/C12H14O5/c1-3-7-8(10(13)12(14)15-2)4-5-9-11(7)17-6-16-9/h4-5,10,13H,3,6H2,1-2H3. The van der Waals surface area contributed by atoms with Gasteiger partial charge in [-0.25, -0.2) is 4.79 Å². The van der Waals surface area contributed by atoms with Crippen molar-refractivity contribution in [1.82, 2.24) is 0 Å². The monoisotopic (exact) mass is 238 g/mol. The molecule has 5 heteroatoms. The number of fused-ring (bicyclic) bond motifs is 1. The Hall–Kier alpha value is -1.75. The minimum atomic E-state index is -1.29. The van der Waals surface area contributed by atoms with Gasteiger partial charge in [0, 0.05) is 5.56 Å². The highest BCUT2D eigenvalue weighted by Crippen LogP contribution is 2.39. The summed E-state index contributed by atoms with van der Waals surface area (Å²) in [5.41, 5.74) is 1.28. The van der Waals surface area contributed by atoms with Gasteiger partial charge in [0.1, 0.15) is 0 Å². The molecule has 1 aromatic carbocycles. The van der Waals surface area contributed by atoms with Gasteiger partial charge in [-0.05, 0) is 18.1 Å². The van der Waals surface area contributed by atoms with Crippen LogP contribution in [-0.2, 0) is 16.0 Å². The third-order valence-corrected chi connectivity index (χ3v) is 2.75. The van der Waals surface area contributed by atoms with Crippen molar-refractivity contribution in [2.45, 2.75) is 19.4 Å². The molecule has 0 radical (unpaired) electrons. The maximum absolute atomic E-state index is 11.3.